The second-order valence-electron chi connectivity index (χ2n) is 5.66. The minimum atomic E-state index is 0.365. The Bertz CT molecular complexity index is 772. The van der Waals surface area contributed by atoms with Crippen molar-refractivity contribution in [2.45, 2.75) is 33.2 Å². The van der Waals surface area contributed by atoms with Crippen molar-refractivity contribution in [3.63, 3.8) is 0 Å². The summed E-state index contributed by atoms with van der Waals surface area (Å²) in [5, 5.41) is 12.6. The molecule has 0 atom stereocenters. The third-order valence-electron chi connectivity index (χ3n) is 3.68. The standard InChI is InChI=1S/C16H20N6/c1-11(2)16-21-20-10-22(16)8-7-17-15-14-12(3)5-4-6-13(14)18-9-19-15/h4-6,9-11H,7-8H2,1-3H3,(H,17,18,19). The van der Waals surface area contributed by atoms with Crippen LogP contribution in [-0.2, 0) is 6.54 Å². The third-order valence-corrected chi connectivity index (χ3v) is 3.68. The summed E-state index contributed by atoms with van der Waals surface area (Å²) in [6.45, 7) is 7.88. The Hall–Kier alpha value is -2.50. The Morgan fingerprint density at radius 2 is 2.09 bits per heavy atom. The van der Waals surface area contributed by atoms with E-state index in [0.29, 0.717) is 5.92 Å². The summed E-state index contributed by atoms with van der Waals surface area (Å²) >= 11 is 0. The van der Waals surface area contributed by atoms with Crippen molar-refractivity contribution in [2.24, 2.45) is 0 Å². The summed E-state index contributed by atoms with van der Waals surface area (Å²) in [6, 6.07) is 6.10. The fourth-order valence-electron chi connectivity index (χ4n) is 2.59. The van der Waals surface area contributed by atoms with E-state index in [-0.39, 0.29) is 0 Å². The minimum Gasteiger partial charge on any atom is -0.368 e. The van der Waals surface area contributed by atoms with E-state index in [1.54, 1.807) is 12.7 Å². The smallest absolute Gasteiger partial charge is 0.137 e. The molecule has 0 saturated carbocycles. The molecule has 0 aliphatic carbocycles. The summed E-state index contributed by atoms with van der Waals surface area (Å²) in [6.07, 6.45) is 3.38. The molecule has 0 spiro atoms. The summed E-state index contributed by atoms with van der Waals surface area (Å²) in [4.78, 5) is 8.70. The normalized spacial score (nSPS) is 11.3. The van der Waals surface area contributed by atoms with E-state index in [2.05, 4.69) is 56.9 Å². The molecule has 0 bridgehead atoms. The van der Waals surface area contributed by atoms with Gasteiger partial charge in [0.2, 0.25) is 0 Å². The second-order valence-corrected chi connectivity index (χ2v) is 5.66. The molecule has 0 aliphatic rings. The highest BCUT2D eigenvalue weighted by Crippen LogP contribution is 2.22. The van der Waals surface area contributed by atoms with Gasteiger partial charge in [-0.3, -0.25) is 0 Å². The van der Waals surface area contributed by atoms with Crippen LogP contribution in [0.2, 0.25) is 0 Å². The Labute approximate surface area is 129 Å². The van der Waals surface area contributed by atoms with Gasteiger partial charge in [0.15, 0.2) is 0 Å². The molecular weight excluding hydrogens is 276 g/mol. The number of aryl methyl sites for hydroxylation is 1. The van der Waals surface area contributed by atoms with Gasteiger partial charge in [0.1, 0.15) is 24.3 Å². The largest absolute Gasteiger partial charge is 0.368 e. The van der Waals surface area contributed by atoms with E-state index in [1.807, 2.05) is 12.1 Å². The summed E-state index contributed by atoms with van der Waals surface area (Å²) in [7, 11) is 0. The molecule has 2 heterocycles. The molecule has 3 aromatic rings. The molecule has 3 rings (SSSR count). The topological polar surface area (TPSA) is 68.5 Å². The van der Waals surface area contributed by atoms with Crippen LogP contribution >= 0.6 is 0 Å². The molecule has 1 aromatic carbocycles. The lowest BCUT2D eigenvalue weighted by molar-refractivity contribution is 0.636. The van der Waals surface area contributed by atoms with Crippen LogP contribution in [-0.4, -0.2) is 31.3 Å². The van der Waals surface area contributed by atoms with Crippen LogP contribution in [0.4, 0.5) is 5.82 Å². The zero-order valence-electron chi connectivity index (χ0n) is 13.1. The van der Waals surface area contributed by atoms with Crippen LogP contribution in [0.1, 0.15) is 31.2 Å². The van der Waals surface area contributed by atoms with E-state index < -0.39 is 0 Å². The lowest BCUT2D eigenvalue weighted by atomic mass is 10.1. The van der Waals surface area contributed by atoms with Crippen molar-refractivity contribution in [3.05, 3.63) is 42.2 Å². The van der Waals surface area contributed by atoms with E-state index in [4.69, 9.17) is 0 Å². The minimum absolute atomic E-state index is 0.365. The van der Waals surface area contributed by atoms with Crippen molar-refractivity contribution in [3.8, 4) is 0 Å². The van der Waals surface area contributed by atoms with Crippen molar-refractivity contribution in [1.82, 2.24) is 24.7 Å². The van der Waals surface area contributed by atoms with Crippen LogP contribution in [0.25, 0.3) is 10.9 Å². The van der Waals surface area contributed by atoms with Gasteiger partial charge >= 0.3 is 0 Å². The Balaban J connectivity index is 1.76. The number of hydrogen-bond donors (Lipinski definition) is 1. The molecule has 0 aliphatic heterocycles. The quantitative estimate of drug-likeness (QED) is 0.784. The third kappa shape index (κ3) is 2.77. The van der Waals surface area contributed by atoms with Crippen LogP contribution in [0.3, 0.4) is 0 Å². The van der Waals surface area contributed by atoms with Gasteiger partial charge < -0.3 is 9.88 Å². The molecule has 0 amide bonds. The molecule has 0 saturated heterocycles. The molecule has 0 fully saturated rings. The van der Waals surface area contributed by atoms with Crippen LogP contribution in [0.5, 0.6) is 0 Å². The van der Waals surface area contributed by atoms with E-state index in [0.717, 1.165) is 35.6 Å². The Morgan fingerprint density at radius 1 is 1.23 bits per heavy atom. The zero-order chi connectivity index (χ0) is 15.5. The van der Waals surface area contributed by atoms with Crippen molar-refractivity contribution in [1.29, 1.82) is 0 Å². The number of nitrogens with one attached hydrogen (secondary N) is 1. The van der Waals surface area contributed by atoms with Crippen molar-refractivity contribution < 1.29 is 0 Å². The molecule has 6 nitrogen and oxygen atoms in total. The molecule has 0 radical (unpaired) electrons. The van der Waals surface area contributed by atoms with Gasteiger partial charge in [0.05, 0.1) is 5.52 Å². The molecule has 114 valence electrons. The maximum absolute atomic E-state index is 4.38. The fourth-order valence-corrected chi connectivity index (χ4v) is 2.59. The maximum Gasteiger partial charge on any atom is 0.137 e. The summed E-state index contributed by atoms with van der Waals surface area (Å²) in [5.74, 6) is 2.25. The SMILES string of the molecule is Cc1cccc2ncnc(NCCn3cnnc3C(C)C)c12. The summed E-state index contributed by atoms with van der Waals surface area (Å²) in [5.41, 5.74) is 2.14. The fraction of sp³-hybridized carbons (Fsp3) is 0.375. The highest BCUT2D eigenvalue weighted by Gasteiger charge is 2.09. The van der Waals surface area contributed by atoms with E-state index in [1.165, 1.54) is 5.56 Å². The number of anilines is 1. The Kier molecular flexibility index (Phi) is 4.00. The Morgan fingerprint density at radius 3 is 2.91 bits per heavy atom. The van der Waals surface area contributed by atoms with Crippen LogP contribution in [0, 0.1) is 6.92 Å². The molecule has 1 N–H and O–H groups in total. The lowest BCUT2D eigenvalue weighted by Crippen LogP contribution is -2.14. The summed E-state index contributed by atoms with van der Waals surface area (Å²) < 4.78 is 2.08. The molecule has 2 aromatic heterocycles. The highest BCUT2D eigenvalue weighted by atomic mass is 15.3. The molecule has 0 unspecified atom stereocenters. The first-order valence-electron chi connectivity index (χ1n) is 7.48. The van der Waals surface area contributed by atoms with Gasteiger partial charge in [-0.1, -0.05) is 26.0 Å². The van der Waals surface area contributed by atoms with Gasteiger partial charge in [-0.05, 0) is 18.6 Å². The molecular formula is C16H20N6. The first-order valence-corrected chi connectivity index (χ1v) is 7.48. The van der Waals surface area contributed by atoms with E-state index >= 15 is 0 Å². The number of benzene rings is 1. The van der Waals surface area contributed by atoms with Crippen LogP contribution < -0.4 is 5.32 Å². The van der Waals surface area contributed by atoms with Gasteiger partial charge in [0, 0.05) is 24.4 Å². The average Bonchev–Trinajstić information content (AvgIpc) is 2.96. The average molecular weight is 296 g/mol. The number of aromatic nitrogens is 5. The maximum atomic E-state index is 4.38. The van der Waals surface area contributed by atoms with Gasteiger partial charge in [0.25, 0.3) is 0 Å². The van der Waals surface area contributed by atoms with E-state index in [9.17, 15) is 0 Å². The van der Waals surface area contributed by atoms with Gasteiger partial charge in [-0.15, -0.1) is 10.2 Å². The first-order chi connectivity index (χ1) is 10.7. The predicted molar refractivity (Wildman–Crippen MR) is 86.9 cm³/mol. The van der Waals surface area contributed by atoms with Crippen molar-refractivity contribution >= 4 is 16.7 Å². The molecule has 6 heteroatoms. The van der Waals surface area contributed by atoms with Crippen LogP contribution in [0.15, 0.2) is 30.9 Å². The van der Waals surface area contributed by atoms with Gasteiger partial charge in [-0.25, -0.2) is 9.97 Å². The number of nitrogens with zero attached hydrogens (tertiary/aromatic N) is 5. The predicted octanol–water partition coefficient (Wildman–Crippen LogP) is 2.77. The zero-order valence-corrected chi connectivity index (χ0v) is 13.1. The number of hydrogen-bond acceptors (Lipinski definition) is 5. The monoisotopic (exact) mass is 296 g/mol. The number of fused-ring (bicyclic) bond motifs is 1. The second kappa shape index (κ2) is 6.09. The lowest BCUT2D eigenvalue weighted by Gasteiger charge is -2.12. The first kappa shape index (κ1) is 14.4. The van der Waals surface area contributed by atoms with Gasteiger partial charge in [-0.2, -0.15) is 0 Å². The molecule has 22 heavy (non-hydrogen) atoms. The number of rotatable bonds is 5. The van der Waals surface area contributed by atoms with Crippen molar-refractivity contribution in [2.75, 3.05) is 11.9 Å². The highest BCUT2D eigenvalue weighted by molar-refractivity contribution is 5.91.